The molecular formula is C24H20ClFN4O4. The minimum Gasteiger partial charge on any atom is -0.455 e. The van der Waals surface area contributed by atoms with Crippen LogP contribution in [0.5, 0.6) is 0 Å². The van der Waals surface area contributed by atoms with Crippen LogP contribution in [0.4, 0.5) is 4.39 Å². The molecule has 34 heavy (non-hydrogen) atoms. The van der Waals surface area contributed by atoms with Crippen molar-refractivity contribution in [2.24, 2.45) is 5.10 Å². The highest BCUT2D eigenvalue weighted by Gasteiger charge is 2.28. The van der Waals surface area contributed by atoms with Gasteiger partial charge in [-0.05, 0) is 68.3 Å². The van der Waals surface area contributed by atoms with E-state index in [9.17, 15) is 18.8 Å². The largest absolute Gasteiger partial charge is 0.455 e. The molecule has 2 aromatic carbocycles. The Hall–Kier alpha value is -3.98. The number of amides is 3. The van der Waals surface area contributed by atoms with E-state index >= 15 is 0 Å². The predicted octanol–water partition coefficient (Wildman–Crippen LogP) is 3.93. The summed E-state index contributed by atoms with van der Waals surface area (Å²) in [5.41, 5.74) is 9.52. The lowest BCUT2D eigenvalue weighted by molar-refractivity contribution is 0.0829. The zero-order valence-corrected chi connectivity index (χ0v) is 18.8. The normalized spacial score (nSPS) is 13.8. The van der Waals surface area contributed by atoms with Crippen LogP contribution in [-0.2, 0) is 6.42 Å². The fraction of sp³-hybridized carbons (Fsp3) is 0.167. The van der Waals surface area contributed by atoms with Crippen molar-refractivity contribution in [1.82, 2.24) is 16.3 Å². The van der Waals surface area contributed by atoms with Gasteiger partial charge in [0.15, 0.2) is 5.76 Å². The van der Waals surface area contributed by atoms with Crippen molar-refractivity contribution < 1.29 is 23.2 Å². The smallest absolute Gasteiger partial charge is 0.305 e. The maximum Gasteiger partial charge on any atom is 0.305 e. The second kappa shape index (κ2) is 9.88. The van der Waals surface area contributed by atoms with Crippen molar-refractivity contribution in [3.63, 3.8) is 0 Å². The number of aryl methyl sites for hydroxylation is 1. The van der Waals surface area contributed by atoms with E-state index in [1.54, 1.807) is 19.1 Å². The first-order valence-electron chi connectivity index (χ1n) is 10.4. The third-order valence-electron chi connectivity index (χ3n) is 5.33. The molecule has 1 heterocycles. The minimum absolute atomic E-state index is 0.0425. The fourth-order valence-corrected chi connectivity index (χ4v) is 3.75. The first-order chi connectivity index (χ1) is 16.3. The Morgan fingerprint density at radius 1 is 0.912 bits per heavy atom. The summed E-state index contributed by atoms with van der Waals surface area (Å²) in [6, 6.07) is 11.3. The molecule has 0 unspecified atom stereocenters. The summed E-state index contributed by atoms with van der Waals surface area (Å²) in [6.07, 6.45) is 1.90. The SMILES string of the molecule is Cc1c(C(=O)NNC(=O)c2ccc(Cl)cc2)oc2c1/C(=N/NC(=O)c1ccc(F)cc1)CCC2. The van der Waals surface area contributed by atoms with Gasteiger partial charge in [-0.2, -0.15) is 5.10 Å². The second-order valence-electron chi connectivity index (χ2n) is 7.63. The molecule has 1 aromatic heterocycles. The van der Waals surface area contributed by atoms with Crippen LogP contribution in [0.25, 0.3) is 0 Å². The first-order valence-corrected chi connectivity index (χ1v) is 10.8. The van der Waals surface area contributed by atoms with Crippen molar-refractivity contribution >= 4 is 35.0 Å². The van der Waals surface area contributed by atoms with Gasteiger partial charge in [-0.15, -0.1) is 0 Å². The molecule has 3 amide bonds. The summed E-state index contributed by atoms with van der Waals surface area (Å²) in [5, 5.41) is 4.72. The number of fused-ring (bicyclic) bond motifs is 1. The number of carbonyl (C=O) groups is 3. The molecule has 10 heteroatoms. The Labute approximate surface area is 199 Å². The zero-order valence-electron chi connectivity index (χ0n) is 18.1. The summed E-state index contributed by atoms with van der Waals surface area (Å²) in [5.74, 6) is -1.44. The van der Waals surface area contributed by atoms with Crippen LogP contribution in [0.1, 0.15) is 61.0 Å². The average Bonchev–Trinajstić information content (AvgIpc) is 3.18. The Kier molecular flexibility index (Phi) is 6.74. The molecule has 4 rings (SSSR count). The number of hydrazine groups is 1. The highest BCUT2D eigenvalue weighted by molar-refractivity contribution is 6.30. The third kappa shape index (κ3) is 4.99. The number of hydrogen-bond donors (Lipinski definition) is 3. The van der Waals surface area contributed by atoms with Gasteiger partial charge in [0.2, 0.25) is 0 Å². The Morgan fingerprint density at radius 3 is 2.24 bits per heavy atom. The van der Waals surface area contributed by atoms with Crippen LogP contribution >= 0.6 is 11.6 Å². The van der Waals surface area contributed by atoms with E-state index in [0.717, 1.165) is 6.42 Å². The van der Waals surface area contributed by atoms with Gasteiger partial charge >= 0.3 is 5.91 Å². The molecule has 3 N–H and O–H groups in total. The number of carbonyl (C=O) groups excluding carboxylic acids is 3. The number of hydrogen-bond acceptors (Lipinski definition) is 5. The van der Waals surface area contributed by atoms with E-state index in [2.05, 4.69) is 21.4 Å². The molecule has 0 saturated carbocycles. The summed E-state index contributed by atoms with van der Waals surface area (Å²) < 4.78 is 18.8. The van der Waals surface area contributed by atoms with Gasteiger partial charge < -0.3 is 4.42 Å². The molecule has 1 aliphatic rings. The molecular weight excluding hydrogens is 463 g/mol. The molecule has 0 bridgehead atoms. The third-order valence-corrected chi connectivity index (χ3v) is 5.58. The molecule has 1 aliphatic carbocycles. The Balaban J connectivity index is 1.47. The number of furan rings is 1. The predicted molar refractivity (Wildman–Crippen MR) is 123 cm³/mol. The van der Waals surface area contributed by atoms with E-state index in [1.165, 1.54) is 36.4 Å². The lowest BCUT2D eigenvalue weighted by Crippen LogP contribution is -2.41. The Bertz CT molecular complexity index is 1280. The molecule has 0 aliphatic heterocycles. The molecule has 0 saturated heterocycles. The second-order valence-corrected chi connectivity index (χ2v) is 8.07. The average molecular weight is 483 g/mol. The highest BCUT2D eigenvalue weighted by Crippen LogP contribution is 2.29. The van der Waals surface area contributed by atoms with Gasteiger partial charge in [0.05, 0.1) is 5.71 Å². The van der Waals surface area contributed by atoms with Crippen LogP contribution in [0.2, 0.25) is 5.02 Å². The lowest BCUT2D eigenvalue weighted by Gasteiger charge is -2.13. The van der Waals surface area contributed by atoms with Gasteiger partial charge in [0.1, 0.15) is 11.6 Å². The topological polar surface area (TPSA) is 113 Å². The fourth-order valence-electron chi connectivity index (χ4n) is 3.62. The molecule has 0 fully saturated rings. The number of hydrazone groups is 1. The molecule has 0 radical (unpaired) electrons. The Morgan fingerprint density at radius 2 is 1.53 bits per heavy atom. The van der Waals surface area contributed by atoms with Crippen LogP contribution < -0.4 is 16.3 Å². The maximum absolute atomic E-state index is 13.1. The standard InChI is InChI=1S/C24H20ClFN4O4/c1-13-20-18(27-28-22(31)15-7-11-17(26)12-8-15)3-2-4-19(20)34-21(13)24(33)30-29-23(32)14-5-9-16(25)10-6-14/h5-12H,2-4H2,1H3,(H,28,31)(H,29,32)(H,30,33)/b27-18+. The summed E-state index contributed by atoms with van der Waals surface area (Å²) in [4.78, 5) is 37.2. The van der Waals surface area contributed by atoms with Crippen LogP contribution in [0, 0.1) is 12.7 Å². The van der Waals surface area contributed by atoms with Gasteiger partial charge in [0, 0.05) is 33.7 Å². The molecule has 174 valence electrons. The van der Waals surface area contributed by atoms with Crippen molar-refractivity contribution in [1.29, 1.82) is 0 Å². The van der Waals surface area contributed by atoms with Gasteiger partial charge in [-0.1, -0.05) is 11.6 Å². The van der Waals surface area contributed by atoms with E-state index in [1.807, 2.05) is 0 Å². The van der Waals surface area contributed by atoms with E-state index in [-0.39, 0.29) is 11.3 Å². The van der Waals surface area contributed by atoms with Crippen molar-refractivity contribution in [3.8, 4) is 0 Å². The lowest BCUT2D eigenvalue weighted by atomic mass is 9.93. The molecule has 3 aromatic rings. The van der Waals surface area contributed by atoms with Crippen LogP contribution in [0.3, 0.4) is 0 Å². The van der Waals surface area contributed by atoms with E-state index < -0.39 is 23.5 Å². The number of nitrogens with zero attached hydrogens (tertiary/aromatic N) is 1. The summed E-state index contributed by atoms with van der Waals surface area (Å²) >= 11 is 5.82. The maximum atomic E-state index is 13.1. The van der Waals surface area contributed by atoms with Crippen LogP contribution in [0.15, 0.2) is 58.0 Å². The van der Waals surface area contributed by atoms with Crippen molar-refractivity contribution in [3.05, 3.63) is 93.1 Å². The molecule has 8 nitrogen and oxygen atoms in total. The highest BCUT2D eigenvalue weighted by atomic mass is 35.5. The zero-order chi connectivity index (χ0) is 24.2. The molecule has 0 atom stereocenters. The van der Waals surface area contributed by atoms with Crippen molar-refractivity contribution in [2.45, 2.75) is 26.2 Å². The number of benzene rings is 2. The number of halogens is 2. The number of rotatable bonds is 4. The van der Waals surface area contributed by atoms with Crippen LogP contribution in [-0.4, -0.2) is 23.4 Å². The number of nitrogens with one attached hydrogen (secondary N) is 3. The van der Waals surface area contributed by atoms with E-state index in [4.69, 9.17) is 16.0 Å². The van der Waals surface area contributed by atoms with Gasteiger partial charge in [-0.3, -0.25) is 25.2 Å². The van der Waals surface area contributed by atoms with E-state index in [0.29, 0.717) is 46.0 Å². The monoisotopic (exact) mass is 482 g/mol. The summed E-state index contributed by atoms with van der Waals surface area (Å²) in [6.45, 7) is 1.71. The summed E-state index contributed by atoms with van der Waals surface area (Å²) in [7, 11) is 0. The van der Waals surface area contributed by atoms with Crippen molar-refractivity contribution in [2.75, 3.05) is 0 Å². The van der Waals surface area contributed by atoms with Gasteiger partial charge in [0.25, 0.3) is 11.8 Å². The minimum atomic E-state index is -0.621. The molecule has 0 spiro atoms. The quantitative estimate of drug-likeness (QED) is 0.489. The van der Waals surface area contributed by atoms with Gasteiger partial charge in [-0.25, -0.2) is 9.82 Å². The first kappa shape index (κ1) is 23.2.